The molecule has 5 aromatic rings. The van der Waals surface area contributed by atoms with E-state index in [4.69, 9.17) is 25.5 Å². The molecule has 0 radical (unpaired) electrons. The van der Waals surface area contributed by atoms with E-state index in [9.17, 15) is 14.0 Å². The highest BCUT2D eigenvalue weighted by molar-refractivity contribution is 8.18. The summed E-state index contributed by atoms with van der Waals surface area (Å²) in [5.41, 5.74) is 2.73. The highest BCUT2D eigenvalue weighted by Crippen LogP contribution is 2.36. The van der Waals surface area contributed by atoms with Crippen LogP contribution in [0.15, 0.2) is 135 Å². The van der Waals surface area contributed by atoms with Gasteiger partial charge in [0.25, 0.3) is 11.8 Å². The first-order chi connectivity index (χ1) is 23.9. The van der Waals surface area contributed by atoms with Gasteiger partial charge in [-0.3, -0.25) is 14.5 Å². The van der Waals surface area contributed by atoms with Crippen LogP contribution in [0.2, 0.25) is 5.02 Å². The molecule has 2 heterocycles. The molecule has 9 nitrogen and oxygen atoms in total. The van der Waals surface area contributed by atoms with Crippen molar-refractivity contribution in [3.63, 3.8) is 0 Å². The summed E-state index contributed by atoms with van der Waals surface area (Å²) in [4.78, 5) is 28.0. The third-order valence-corrected chi connectivity index (χ3v) is 8.22. The lowest BCUT2D eigenvalue weighted by Crippen LogP contribution is -2.28. The van der Waals surface area contributed by atoms with E-state index in [1.165, 1.54) is 35.4 Å². The van der Waals surface area contributed by atoms with E-state index in [0.29, 0.717) is 50.2 Å². The van der Waals surface area contributed by atoms with Gasteiger partial charge in [-0.05, 0) is 95.7 Å². The highest BCUT2D eigenvalue weighted by atomic mass is 35.5. The number of halogens is 2. The number of anilines is 1. The SMILES string of the molecule is O=C(COc1ccc(Cl)cc1/C=C1\S/C(=N\N=C\c2cccc(OCc3ccccc3)c2)N(Cc2ccco2)C1=O)Nc1ccc(F)cc1. The normalized spacial score (nSPS) is 14.6. The van der Waals surface area contributed by atoms with Gasteiger partial charge in [-0.15, -0.1) is 5.10 Å². The van der Waals surface area contributed by atoms with Crippen LogP contribution >= 0.6 is 23.4 Å². The van der Waals surface area contributed by atoms with E-state index >= 15 is 0 Å². The predicted molar refractivity (Wildman–Crippen MR) is 189 cm³/mol. The molecule has 1 aliphatic heterocycles. The molecular formula is C37H28ClFN4O5S. The van der Waals surface area contributed by atoms with Crippen LogP contribution in [0.4, 0.5) is 10.1 Å². The third kappa shape index (κ3) is 9.25. The van der Waals surface area contributed by atoms with Gasteiger partial charge < -0.3 is 19.2 Å². The Morgan fingerprint density at radius 3 is 2.59 bits per heavy atom. The molecule has 0 unspecified atom stereocenters. The van der Waals surface area contributed by atoms with Gasteiger partial charge in [-0.25, -0.2) is 4.39 Å². The first-order valence-corrected chi connectivity index (χ1v) is 16.2. The van der Waals surface area contributed by atoms with Crippen LogP contribution in [0.5, 0.6) is 11.5 Å². The highest BCUT2D eigenvalue weighted by Gasteiger charge is 2.34. The van der Waals surface area contributed by atoms with Crippen molar-refractivity contribution in [1.82, 2.24) is 4.90 Å². The second kappa shape index (κ2) is 16.0. The first-order valence-electron chi connectivity index (χ1n) is 15.0. The fourth-order valence-corrected chi connectivity index (χ4v) is 5.74. The topological polar surface area (TPSA) is 106 Å². The lowest BCUT2D eigenvalue weighted by molar-refractivity contribution is -0.122. The number of thioether (sulfide) groups is 1. The zero-order valence-electron chi connectivity index (χ0n) is 25.8. The molecule has 4 aromatic carbocycles. The molecule has 0 bridgehead atoms. The van der Waals surface area contributed by atoms with Gasteiger partial charge in [0.1, 0.15) is 29.7 Å². The van der Waals surface area contributed by atoms with Gasteiger partial charge in [0.2, 0.25) is 0 Å². The number of hydrogen-bond donors (Lipinski definition) is 1. The van der Waals surface area contributed by atoms with Gasteiger partial charge in [0.05, 0.1) is 23.9 Å². The Morgan fingerprint density at radius 2 is 1.80 bits per heavy atom. The molecule has 0 atom stereocenters. The lowest BCUT2D eigenvalue weighted by atomic mass is 10.2. The number of nitrogens with zero attached hydrogens (tertiary/aromatic N) is 3. The van der Waals surface area contributed by atoms with Crippen molar-refractivity contribution in [3.8, 4) is 11.5 Å². The maximum Gasteiger partial charge on any atom is 0.267 e. The average Bonchev–Trinajstić information content (AvgIpc) is 3.73. The molecule has 1 saturated heterocycles. The average molecular weight is 695 g/mol. The molecule has 0 saturated carbocycles. The zero-order valence-corrected chi connectivity index (χ0v) is 27.4. The Hall–Kier alpha value is -5.65. The fourth-order valence-electron chi connectivity index (χ4n) is 4.63. The maximum absolute atomic E-state index is 13.7. The molecular weight excluding hydrogens is 667 g/mol. The van der Waals surface area contributed by atoms with E-state index in [2.05, 4.69) is 15.5 Å². The summed E-state index contributed by atoms with van der Waals surface area (Å²) < 4.78 is 30.4. The van der Waals surface area contributed by atoms with Crippen molar-refractivity contribution in [3.05, 3.63) is 154 Å². The minimum absolute atomic E-state index is 0.135. The van der Waals surface area contributed by atoms with E-state index in [1.54, 1.807) is 42.6 Å². The predicted octanol–water partition coefficient (Wildman–Crippen LogP) is 8.18. The smallest absolute Gasteiger partial charge is 0.267 e. The monoisotopic (exact) mass is 694 g/mol. The number of rotatable bonds is 12. The van der Waals surface area contributed by atoms with Gasteiger partial charge in [0, 0.05) is 16.3 Å². The number of ether oxygens (including phenoxy) is 2. The van der Waals surface area contributed by atoms with Crippen molar-refractivity contribution in [1.29, 1.82) is 0 Å². The van der Waals surface area contributed by atoms with Crippen LogP contribution in [0.25, 0.3) is 6.08 Å². The Morgan fingerprint density at radius 1 is 0.959 bits per heavy atom. The van der Waals surface area contributed by atoms with E-state index in [0.717, 1.165) is 22.9 Å². The molecule has 1 N–H and O–H groups in total. The van der Waals surface area contributed by atoms with Crippen molar-refractivity contribution in [2.45, 2.75) is 13.2 Å². The fraction of sp³-hybridized carbons (Fsp3) is 0.0811. The summed E-state index contributed by atoms with van der Waals surface area (Å²) in [6.45, 7) is 0.235. The third-order valence-electron chi connectivity index (χ3n) is 6.98. The van der Waals surface area contributed by atoms with Crippen molar-refractivity contribution in [2.75, 3.05) is 11.9 Å². The Balaban J connectivity index is 1.18. The van der Waals surface area contributed by atoms with Crippen LogP contribution in [0, 0.1) is 5.82 Å². The second-order valence-corrected chi connectivity index (χ2v) is 12.0. The zero-order chi connectivity index (χ0) is 34.0. The van der Waals surface area contributed by atoms with Crippen molar-refractivity contribution >= 4 is 58.3 Å². The molecule has 0 spiro atoms. The molecule has 2 amide bonds. The molecule has 49 heavy (non-hydrogen) atoms. The molecule has 12 heteroatoms. The minimum Gasteiger partial charge on any atom is -0.489 e. The second-order valence-electron chi connectivity index (χ2n) is 10.6. The molecule has 1 aromatic heterocycles. The number of hydrogen-bond acceptors (Lipinski definition) is 8. The van der Waals surface area contributed by atoms with Crippen LogP contribution in [-0.2, 0) is 22.7 Å². The van der Waals surface area contributed by atoms with Gasteiger partial charge in [-0.1, -0.05) is 54.1 Å². The summed E-state index contributed by atoms with van der Waals surface area (Å²) >= 11 is 7.43. The Labute approximate surface area is 290 Å². The van der Waals surface area contributed by atoms with Crippen LogP contribution in [-0.4, -0.2) is 34.7 Å². The summed E-state index contributed by atoms with van der Waals surface area (Å²) in [6, 6.07) is 31.1. The van der Waals surface area contributed by atoms with Crippen molar-refractivity contribution in [2.24, 2.45) is 10.2 Å². The summed E-state index contributed by atoms with van der Waals surface area (Å²) in [5.74, 6) is 0.389. The van der Waals surface area contributed by atoms with Crippen LogP contribution in [0.3, 0.4) is 0 Å². The van der Waals surface area contributed by atoms with Gasteiger partial charge >= 0.3 is 0 Å². The number of amidine groups is 1. The lowest BCUT2D eigenvalue weighted by Gasteiger charge is -2.13. The standard InChI is InChI=1S/C37H28ClFN4O5S/c38-28-11-16-33(48-24-35(44)41-30-14-12-29(39)13-15-30)27(19-28)20-34-36(45)43(22-32-10-5-17-46-32)37(49-34)42-40-21-26-8-4-9-31(18-26)47-23-25-6-2-1-3-7-25/h1-21H,22-24H2,(H,41,44)/b34-20-,40-21+,42-37-. The van der Waals surface area contributed by atoms with E-state index < -0.39 is 11.7 Å². The van der Waals surface area contributed by atoms with E-state index in [1.807, 2.05) is 54.6 Å². The molecule has 0 aliphatic carbocycles. The largest absolute Gasteiger partial charge is 0.489 e. The molecule has 1 fully saturated rings. The van der Waals surface area contributed by atoms with E-state index in [-0.39, 0.29) is 19.1 Å². The molecule has 1 aliphatic rings. The summed E-state index contributed by atoms with van der Waals surface area (Å²) in [7, 11) is 0. The minimum atomic E-state index is -0.448. The number of amides is 2. The Kier molecular flexibility index (Phi) is 10.8. The quantitative estimate of drug-likeness (QED) is 0.0803. The van der Waals surface area contributed by atoms with Crippen molar-refractivity contribution < 1.29 is 27.9 Å². The number of furan rings is 1. The van der Waals surface area contributed by atoms with Crippen LogP contribution < -0.4 is 14.8 Å². The summed E-state index contributed by atoms with van der Waals surface area (Å²) in [5, 5.41) is 12.1. The molecule has 6 rings (SSSR count). The maximum atomic E-state index is 13.7. The Bertz CT molecular complexity index is 2020. The number of benzene rings is 4. The van der Waals surface area contributed by atoms with Gasteiger partial charge in [0.15, 0.2) is 11.8 Å². The first kappa shape index (κ1) is 33.3. The number of nitrogens with one attached hydrogen (secondary N) is 1. The molecule has 246 valence electrons. The number of carbonyl (C=O) groups excluding carboxylic acids is 2. The summed E-state index contributed by atoms with van der Waals surface area (Å²) in [6.07, 6.45) is 4.74. The van der Waals surface area contributed by atoms with Crippen LogP contribution in [0.1, 0.15) is 22.5 Å². The number of carbonyl (C=O) groups is 2. The van der Waals surface area contributed by atoms with Gasteiger partial charge in [-0.2, -0.15) is 5.10 Å².